The lowest BCUT2D eigenvalue weighted by molar-refractivity contribution is -0.120. The summed E-state index contributed by atoms with van der Waals surface area (Å²) in [7, 11) is 6.50. The highest BCUT2D eigenvalue weighted by molar-refractivity contribution is 6.19. The van der Waals surface area contributed by atoms with E-state index in [1.165, 1.54) is 0 Å². The quantitative estimate of drug-likeness (QED) is 0.643. The van der Waals surface area contributed by atoms with Crippen molar-refractivity contribution in [3.63, 3.8) is 0 Å². The van der Waals surface area contributed by atoms with Gasteiger partial charge in [-0.1, -0.05) is 0 Å². The summed E-state index contributed by atoms with van der Waals surface area (Å²) in [6, 6.07) is 7.81. The van der Waals surface area contributed by atoms with E-state index in [4.69, 9.17) is 18.9 Å². The van der Waals surface area contributed by atoms with Crippen molar-refractivity contribution in [2.45, 2.75) is 25.4 Å². The highest BCUT2D eigenvalue weighted by Crippen LogP contribution is 2.46. The van der Waals surface area contributed by atoms with E-state index in [-0.39, 0.29) is 11.9 Å². The molecule has 0 radical (unpaired) electrons. The first-order valence-electron chi connectivity index (χ1n) is 10.4. The van der Waals surface area contributed by atoms with Crippen molar-refractivity contribution in [2.24, 2.45) is 0 Å². The van der Waals surface area contributed by atoms with Crippen molar-refractivity contribution >= 4 is 33.1 Å². The van der Waals surface area contributed by atoms with Crippen molar-refractivity contribution in [3.8, 4) is 23.0 Å². The van der Waals surface area contributed by atoms with Gasteiger partial charge in [0, 0.05) is 11.9 Å². The van der Waals surface area contributed by atoms with Gasteiger partial charge in [0.25, 0.3) is 0 Å². The lowest BCUT2D eigenvalue weighted by Crippen LogP contribution is -2.36. The number of benzene rings is 3. The number of nitrogens with one attached hydrogen (secondary N) is 1. The molecule has 1 N–H and O–H groups in total. The van der Waals surface area contributed by atoms with Gasteiger partial charge in [0.1, 0.15) is 0 Å². The molecule has 31 heavy (non-hydrogen) atoms. The van der Waals surface area contributed by atoms with Gasteiger partial charge >= 0.3 is 0 Å². The van der Waals surface area contributed by atoms with Crippen molar-refractivity contribution in [3.05, 3.63) is 29.8 Å². The Balaban J connectivity index is 1.91. The number of carbonyl (C=O) groups excluding carboxylic acids is 1. The Hall–Kier alpha value is -3.19. The fourth-order valence-corrected chi connectivity index (χ4v) is 4.99. The summed E-state index contributed by atoms with van der Waals surface area (Å²) in [6.07, 6.45) is 1.91. The van der Waals surface area contributed by atoms with Crippen LogP contribution in [0.25, 0.3) is 21.5 Å². The van der Waals surface area contributed by atoms with Gasteiger partial charge in [-0.05, 0) is 65.4 Å². The Morgan fingerprint density at radius 2 is 1.32 bits per heavy atom. The molecule has 0 spiro atoms. The van der Waals surface area contributed by atoms with Crippen LogP contribution in [0.4, 0.5) is 5.69 Å². The average Bonchev–Trinajstić information content (AvgIpc) is 3.22. The summed E-state index contributed by atoms with van der Waals surface area (Å²) in [6.45, 7) is 1.60. The van der Waals surface area contributed by atoms with Gasteiger partial charge in [-0.2, -0.15) is 0 Å². The number of rotatable bonds is 4. The first-order chi connectivity index (χ1) is 15.1. The maximum Gasteiger partial charge on any atom is 0.241 e. The van der Waals surface area contributed by atoms with Gasteiger partial charge in [0.05, 0.1) is 40.2 Å². The maximum absolute atomic E-state index is 13.1. The number of carbonyl (C=O) groups is 1. The lowest BCUT2D eigenvalue weighted by atomic mass is 9.93. The molecule has 0 unspecified atom stereocenters. The van der Waals surface area contributed by atoms with E-state index in [1.807, 2.05) is 24.3 Å². The zero-order chi connectivity index (χ0) is 21.7. The predicted octanol–water partition coefficient (Wildman–Crippen LogP) is 3.94. The number of amides is 1. The number of fused-ring (bicyclic) bond motifs is 7. The van der Waals surface area contributed by atoms with E-state index >= 15 is 0 Å². The van der Waals surface area contributed by atoms with E-state index < -0.39 is 0 Å². The normalized spacial score (nSPS) is 18.3. The molecule has 0 saturated carbocycles. The number of hydrogen-bond acceptors (Lipinski definition) is 6. The van der Waals surface area contributed by atoms with Crippen LogP contribution in [0.5, 0.6) is 23.0 Å². The minimum Gasteiger partial charge on any atom is -0.493 e. The fraction of sp³-hybridized carbons (Fsp3) is 0.375. The van der Waals surface area contributed by atoms with Crippen LogP contribution in [0.2, 0.25) is 0 Å². The van der Waals surface area contributed by atoms with E-state index in [1.54, 1.807) is 28.4 Å². The largest absolute Gasteiger partial charge is 0.493 e. The minimum atomic E-state index is -0.0993. The molecular formula is C24H26N2O5. The third-order valence-corrected chi connectivity index (χ3v) is 6.51. The Labute approximate surface area is 180 Å². The van der Waals surface area contributed by atoms with Crippen LogP contribution in [-0.2, 0) is 11.3 Å². The van der Waals surface area contributed by atoms with E-state index in [9.17, 15) is 4.79 Å². The minimum absolute atomic E-state index is 0.0483. The van der Waals surface area contributed by atoms with Crippen molar-refractivity contribution in [1.82, 2.24) is 4.90 Å². The number of ether oxygens (including phenoxy) is 4. The number of nitrogens with zero attached hydrogens (tertiary/aromatic N) is 1. The van der Waals surface area contributed by atoms with Crippen LogP contribution in [0, 0.1) is 0 Å². The first kappa shape index (κ1) is 19.8. The van der Waals surface area contributed by atoms with Crippen LogP contribution in [-0.4, -0.2) is 51.8 Å². The van der Waals surface area contributed by atoms with Crippen LogP contribution in [0.3, 0.4) is 0 Å². The zero-order valence-corrected chi connectivity index (χ0v) is 18.2. The molecule has 2 heterocycles. The predicted molar refractivity (Wildman–Crippen MR) is 120 cm³/mol. The second kappa shape index (κ2) is 7.50. The van der Waals surface area contributed by atoms with Gasteiger partial charge in [-0.15, -0.1) is 0 Å². The van der Waals surface area contributed by atoms with E-state index in [2.05, 4.69) is 10.2 Å². The van der Waals surface area contributed by atoms with Crippen molar-refractivity contribution < 1.29 is 23.7 Å². The summed E-state index contributed by atoms with van der Waals surface area (Å²) >= 11 is 0. The number of hydrogen-bond donors (Lipinski definition) is 1. The smallest absolute Gasteiger partial charge is 0.241 e. The van der Waals surface area contributed by atoms with Crippen LogP contribution < -0.4 is 24.3 Å². The fourth-order valence-electron chi connectivity index (χ4n) is 4.99. The van der Waals surface area contributed by atoms with Gasteiger partial charge in [-0.3, -0.25) is 9.69 Å². The molecule has 7 nitrogen and oxygen atoms in total. The third-order valence-electron chi connectivity index (χ3n) is 6.51. The SMILES string of the molecule is COc1cc2c3c(c4cc(OC)c(OC)cc4c2cc1OC)NC(=O)[C@H]1CCCN1C3. The molecule has 1 amide bonds. The molecule has 1 atom stereocenters. The monoisotopic (exact) mass is 422 g/mol. The Morgan fingerprint density at radius 1 is 0.806 bits per heavy atom. The summed E-state index contributed by atoms with van der Waals surface area (Å²) < 4.78 is 22.3. The first-order valence-corrected chi connectivity index (χ1v) is 10.4. The van der Waals surface area contributed by atoms with E-state index in [0.29, 0.717) is 29.5 Å². The topological polar surface area (TPSA) is 69.3 Å². The standard InChI is InChI=1S/C24H26N2O5/c1-28-19-8-13-14-9-20(29-2)22(31-4)11-16(14)23-17(15(13)10-21(19)30-3)12-26-7-5-6-18(26)24(27)25-23/h8-11,18H,5-7,12H2,1-4H3,(H,25,27)/t18-/m1/s1. The summed E-state index contributed by atoms with van der Waals surface area (Å²) in [5.74, 6) is 2.61. The number of anilines is 1. The Bertz CT molecular complexity index is 1210. The van der Waals surface area contributed by atoms with Gasteiger partial charge in [0.15, 0.2) is 23.0 Å². The number of methoxy groups -OCH3 is 4. The summed E-state index contributed by atoms with van der Waals surface area (Å²) in [4.78, 5) is 15.4. The highest BCUT2D eigenvalue weighted by Gasteiger charge is 2.35. The molecule has 162 valence electrons. The maximum atomic E-state index is 13.1. The molecule has 0 aromatic heterocycles. The molecule has 1 saturated heterocycles. The highest BCUT2D eigenvalue weighted by atomic mass is 16.5. The van der Waals surface area contributed by atoms with E-state index in [0.717, 1.165) is 52.2 Å². The molecule has 0 aliphatic carbocycles. The van der Waals surface area contributed by atoms with Crippen LogP contribution in [0.1, 0.15) is 18.4 Å². The summed E-state index contributed by atoms with van der Waals surface area (Å²) in [5.41, 5.74) is 1.91. The molecule has 2 aliphatic heterocycles. The molecule has 0 bridgehead atoms. The zero-order valence-electron chi connectivity index (χ0n) is 18.2. The molecule has 3 aromatic carbocycles. The van der Waals surface area contributed by atoms with Crippen molar-refractivity contribution in [2.75, 3.05) is 40.3 Å². The van der Waals surface area contributed by atoms with Gasteiger partial charge in [0.2, 0.25) is 5.91 Å². The van der Waals surface area contributed by atoms with Crippen LogP contribution in [0.15, 0.2) is 24.3 Å². The molecule has 5 rings (SSSR count). The van der Waals surface area contributed by atoms with Gasteiger partial charge in [-0.25, -0.2) is 0 Å². The summed E-state index contributed by atoms with van der Waals surface area (Å²) in [5, 5.41) is 7.15. The van der Waals surface area contributed by atoms with Gasteiger partial charge < -0.3 is 24.3 Å². The second-order valence-electron chi connectivity index (χ2n) is 7.98. The Kier molecular flexibility index (Phi) is 4.78. The lowest BCUT2D eigenvalue weighted by Gasteiger charge is -2.21. The molecular weight excluding hydrogens is 396 g/mol. The molecule has 1 fully saturated rings. The molecule has 2 aliphatic rings. The third kappa shape index (κ3) is 2.95. The molecule has 7 heteroatoms. The second-order valence-corrected chi connectivity index (χ2v) is 7.98. The average molecular weight is 422 g/mol. The van der Waals surface area contributed by atoms with Crippen molar-refractivity contribution in [1.29, 1.82) is 0 Å². The molecule has 3 aromatic rings. The van der Waals surface area contributed by atoms with Crippen LogP contribution >= 0.6 is 0 Å². The Morgan fingerprint density at radius 3 is 1.90 bits per heavy atom.